The number of hydrogen-bond acceptors (Lipinski definition) is 7. The fraction of sp³-hybridized carbons (Fsp3) is 0.125. The van der Waals surface area contributed by atoms with E-state index in [1.165, 1.54) is 18.5 Å². The summed E-state index contributed by atoms with van der Waals surface area (Å²) in [5.41, 5.74) is 1.26. The van der Waals surface area contributed by atoms with Crippen molar-refractivity contribution in [1.82, 2.24) is 15.1 Å². The number of anilines is 2. The summed E-state index contributed by atoms with van der Waals surface area (Å²) in [4.78, 5) is 19.7. The topological polar surface area (TPSA) is 90.1 Å². The molecule has 25 heavy (non-hydrogen) atoms. The van der Waals surface area contributed by atoms with Crippen LogP contribution in [-0.2, 0) is 4.74 Å². The van der Waals surface area contributed by atoms with Gasteiger partial charge in [0.15, 0.2) is 0 Å². The average molecular weight is 454 g/mol. The zero-order valence-electron chi connectivity index (χ0n) is 13.0. The van der Waals surface area contributed by atoms with E-state index < -0.39 is 11.8 Å². The Morgan fingerprint density at radius 2 is 2.20 bits per heavy atom. The summed E-state index contributed by atoms with van der Waals surface area (Å²) in [6.45, 7) is 1.88. The van der Waals surface area contributed by atoms with Crippen molar-refractivity contribution >= 4 is 39.9 Å². The first kappa shape index (κ1) is 17.3. The number of hydrogen-bond donors (Lipinski definition) is 1. The highest BCUT2D eigenvalue weighted by Crippen LogP contribution is 2.29. The van der Waals surface area contributed by atoms with Crippen LogP contribution < -0.4 is 5.32 Å². The van der Waals surface area contributed by atoms with Crippen LogP contribution >= 0.6 is 22.6 Å². The molecule has 2 heterocycles. The molecule has 0 aliphatic rings. The summed E-state index contributed by atoms with van der Waals surface area (Å²) in [6, 6.07) is 6.43. The highest BCUT2D eigenvalue weighted by atomic mass is 127. The highest BCUT2D eigenvalue weighted by molar-refractivity contribution is 14.1. The second-order valence-electron chi connectivity index (χ2n) is 4.81. The molecule has 1 N–H and O–H groups in total. The Morgan fingerprint density at radius 3 is 2.96 bits per heavy atom. The van der Waals surface area contributed by atoms with Crippen LogP contribution in [0, 0.1) is 9.39 Å². The Labute approximate surface area is 155 Å². The van der Waals surface area contributed by atoms with E-state index in [0.29, 0.717) is 11.3 Å². The van der Waals surface area contributed by atoms with Gasteiger partial charge in [-0.15, -0.1) is 0 Å². The minimum atomic E-state index is -0.700. The maximum Gasteiger partial charge on any atom is 0.397 e. The van der Waals surface area contributed by atoms with E-state index in [0.717, 1.165) is 3.57 Å². The highest BCUT2D eigenvalue weighted by Gasteiger charge is 2.19. The minimum Gasteiger partial charge on any atom is -0.459 e. The number of esters is 1. The number of nitrogens with one attached hydrogen (secondary N) is 1. The predicted octanol–water partition coefficient (Wildman–Crippen LogP) is 3.80. The van der Waals surface area contributed by atoms with E-state index in [4.69, 9.17) is 9.26 Å². The molecule has 0 aliphatic heterocycles. The van der Waals surface area contributed by atoms with Gasteiger partial charge in [-0.05, 0) is 53.8 Å². The van der Waals surface area contributed by atoms with Crippen molar-refractivity contribution in [2.24, 2.45) is 0 Å². The first-order chi connectivity index (χ1) is 12.1. The summed E-state index contributed by atoms with van der Waals surface area (Å²) in [5, 5.41) is 6.73. The van der Waals surface area contributed by atoms with E-state index >= 15 is 0 Å². The average Bonchev–Trinajstić information content (AvgIpc) is 3.08. The SMILES string of the molecule is CCOC(=O)c1nc(-c2ccncc2Nc2ccc(I)cc2F)no1. The van der Waals surface area contributed by atoms with Crippen molar-refractivity contribution < 1.29 is 18.4 Å². The van der Waals surface area contributed by atoms with Crippen molar-refractivity contribution in [1.29, 1.82) is 0 Å². The molecule has 0 aliphatic carbocycles. The van der Waals surface area contributed by atoms with Crippen molar-refractivity contribution in [3.8, 4) is 11.4 Å². The Morgan fingerprint density at radius 1 is 1.36 bits per heavy atom. The van der Waals surface area contributed by atoms with Gasteiger partial charge in [0.25, 0.3) is 0 Å². The van der Waals surface area contributed by atoms with Crippen molar-refractivity contribution in [2.45, 2.75) is 6.92 Å². The molecule has 0 spiro atoms. The fourth-order valence-electron chi connectivity index (χ4n) is 2.03. The third kappa shape index (κ3) is 3.92. The Hall–Kier alpha value is -2.56. The van der Waals surface area contributed by atoms with E-state index in [-0.39, 0.29) is 24.0 Å². The number of pyridine rings is 1. The fourth-order valence-corrected chi connectivity index (χ4v) is 2.49. The number of aromatic nitrogens is 3. The molecule has 0 radical (unpaired) electrons. The number of carbonyl (C=O) groups is 1. The van der Waals surface area contributed by atoms with Crippen LogP contribution in [0.2, 0.25) is 0 Å². The lowest BCUT2D eigenvalue weighted by Gasteiger charge is -2.10. The largest absolute Gasteiger partial charge is 0.459 e. The third-order valence-corrected chi connectivity index (χ3v) is 3.81. The lowest BCUT2D eigenvalue weighted by molar-refractivity contribution is 0.0470. The van der Waals surface area contributed by atoms with Gasteiger partial charge in [-0.2, -0.15) is 4.98 Å². The van der Waals surface area contributed by atoms with E-state index in [1.807, 2.05) is 22.6 Å². The molecule has 128 valence electrons. The molecular formula is C16H12FIN4O3. The molecule has 2 aromatic heterocycles. The van der Waals surface area contributed by atoms with Crippen LogP contribution in [0.1, 0.15) is 17.6 Å². The number of carbonyl (C=O) groups excluding carboxylic acids is 1. The maximum atomic E-state index is 14.1. The second kappa shape index (κ2) is 7.55. The Balaban J connectivity index is 1.92. The normalized spacial score (nSPS) is 10.5. The van der Waals surface area contributed by atoms with Crippen molar-refractivity contribution in [2.75, 3.05) is 11.9 Å². The third-order valence-electron chi connectivity index (χ3n) is 3.14. The zero-order chi connectivity index (χ0) is 17.8. The van der Waals surface area contributed by atoms with Gasteiger partial charge < -0.3 is 14.6 Å². The van der Waals surface area contributed by atoms with E-state index in [9.17, 15) is 9.18 Å². The molecule has 1 aromatic carbocycles. The van der Waals surface area contributed by atoms with Gasteiger partial charge in [0.1, 0.15) is 5.82 Å². The van der Waals surface area contributed by atoms with Crippen molar-refractivity contribution in [3.05, 3.63) is 51.9 Å². The zero-order valence-corrected chi connectivity index (χ0v) is 15.2. The summed E-state index contributed by atoms with van der Waals surface area (Å²) in [6.07, 6.45) is 3.04. The molecule has 0 bridgehead atoms. The monoisotopic (exact) mass is 454 g/mol. The first-order valence-electron chi connectivity index (χ1n) is 7.25. The number of nitrogens with zero attached hydrogens (tertiary/aromatic N) is 3. The van der Waals surface area contributed by atoms with Gasteiger partial charge in [-0.1, -0.05) is 5.16 Å². The number of ether oxygens (including phenoxy) is 1. The second-order valence-corrected chi connectivity index (χ2v) is 6.06. The van der Waals surface area contributed by atoms with Gasteiger partial charge in [-0.25, -0.2) is 9.18 Å². The van der Waals surface area contributed by atoms with Crippen LogP contribution in [0.4, 0.5) is 15.8 Å². The van der Waals surface area contributed by atoms with E-state index in [1.54, 1.807) is 25.1 Å². The predicted molar refractivity (Wildman–Crippen MR) is 95.9 cm³/mol. The number of benzene rings is 1. The smallest absolute Gasteiger partial charge is 0.397 e. The Kier molecular flexibility index (Phi) is 5.22. The molecule has 3 aromatic rings. The molecule has 0 saturated carbocycles. The first-order valence-corrected chi connectivity index (χ1v) is 8.33. The molecule has 0 unspecified atom stereocenters. The molecule has 0 fully saturated rings. The standard InChI is InChI=1S/C16H12FIN4O3/c1-2-24-16(23)15-21-14(22-25-15)10-5-6-19-8-13(10)20-12-4-3-9(18)7-11(12)17/h3-8,20H,2H2,1H3. The summed E-state index contributed by atoms with van der Waals surface area (Å²) in [7, 11) is 0. The van der Waals surface area contributed by atoms with Gasteiger partial charge in [-0.3, -0.25) is 4.98 Å². The van der Waals surface area contributed by atoms with Crippen LogP contribution in [-0.4, -0.2) is 27.7 Å². The lowest BCUT2D eigenvalue weighted by Crippen LogP contribution is -2.04. The van der Waals surface area contributed by atoms with Gasteiger partial charge in [0, 0.05) is 15.3 Å². The van der Waals surface area contributed by atoms with Gasteiger partial charge in [0.05, 0.1) is 24.2 Å². The van der Waals surface area contributed by atoms with Crippen LogP contribution in [0.3, 0.4) is 0 Å². The van der Waals surface area contributed by atoms with Crippen LogP contribution in [0.5, 0.6) is 0 Å². The summed E-state index contributed by atoms with van der Waals surface area (Å²) < 4.78 is 24.6. The van der Waals surface area contributed by atoms with Crippen LogP contribution in [0.15, 0.2) is 41.2 Å². The lowest BCUT2D eigenvalue weighted by atomic mass is 10.2. The summed E-state index contributed by atoms with van der Waals surface area (Å²) >= 11 is 2.03. The minimum absolute atomic E-state index is 0.166. The van der Waals surface area contributed by atoms with Crippen molar-refractivity contribution in [3.63, 3.8) is 0 Å². The molecule has 0 amide bonds. The van der Waals surface area contributed by atoms with Gasteiger partial charge in [0.2, 0.25) is 5.82 Å². The molecule has 9 heteroatoms. The molecular weight excluding hydrogens is 442 g/mol. The van der Waals surface area contributed by atoms with E-state index in [2.05, 4.69) is 20.4 Å². The van der Waals surface area contributed by atoms with Crippen LogP contribution in [0.25, 0.3) is 11.4 Å². The van der Waals surface area contributed by atoms with Gasteiger partial charge >= 0.3 is 11.9 Å². The Bertz CT molecular complexity index is 916. The molecule has 0 atom stereocenters. The summed E-state index contributed by atoms with van der Waals surface area (Å²) in [5.74, 6) is -1.19. The molecule has 3 rings (SSSR count). The number of halogens is 2. The molecule has 7 nitrogen and oxygen atoms in total. The quantitative estimate of drug-likeness (QED) is 0.464. The molecule has 0 saturated heterocycles. The maximum absolute atomic E-state index is 14.1. The number of rotatable bonds is 5.